The summed E-state index contributed by atoms with van der Waals surface area (Å²) in [5, 5.41) is 1.32. The summed E-state index contributed by atoms with van der Waals surface area (Å²) >= 11 is 12.1. The Morgan fingerprint density at radius 1 is 0.917 bits per heavy atom. The fraction of sp³-hybridized carbons (Fsp3) is 0.474. The summed E-state index contributed by atoms with van der Waals surface area (Å²) in [4.78, 5) is 8.22. The summed E-state index contributed by atoms with van der Waals surface area (Å²) in [6, 6.07) is 5.85. The maximum atomic E-state index is 6.20. The van der Waals surface area contributed by atoms with Gasteiger partial charge in [-0.1, -0.05) is 59.1 Å². The zero-order chi connectivity index (χ0) is 18.1. The van der Waals surface area contributed by atoms with Crippen molar-refractivity contribution in [3.8, 4) is 11.5 Å². The fourth-order valence-corrected chi connectivity index (χ4v) is 9.43. The zero-order valence-corrected chi connectivity index (χ0v) is 17.6. The van der Waals surface area contributed by atoms with E-state index in [1.165, 1.54) is 0 Å². The largest absolute Gasteiger partial charge is 0.224 e. The first-order chi connectivity index (χ1) is 11.2. The van der Waals surface area contributed by atoms with Crippen LogP contribution in [0.3, 0.4) is 0 Å². The van der Waals surface area contributed by atoms with Gasteiger partial charge in [0, 0.05) is 10.9 Å². The molecule has 0 radical (unpaired) electrons. The van der Waals surface area contributed by atoms with Crippen LogP contribution >= 0.6 is 23.2 Å². The van der Waals surface area contributed by atoms with E-state index in [-0.39, 0.29) is 5.28 Å². The van der Waals surface area contributed by atoms with Crippen molar-refractivity contribution in [2.75, 3.05) is 0 Å². The topological polar surface area (TPSA) is 25.8 Å². The Bertz CT molecular complexity index is 782. The monoisotopic (exact) mass is 378 g/mol. The minimum absolute atomic E-state index is 0.164. The second kappa shape index (κ2) is 7.43. The van der Waals surface area contributed by atoms with Crippen molar-refractivity contribution in [3.05, 3.63) is 34.2 Å². The van der Waals surface area contributed by atoms with Gasteiger partial charge in [-0.25, -0.2) is 9.97 Å². The molecule has 0 atom stereocenters. The SMILES string of the molecule is CC(C)[Si](C#Cc1ccc2nc(Cl)nc(Cl)c2c1)(C(C)C)C(C)C. The lowest BCUT2D eigenvalue weighted by Gasteiger charge is -2.38. The van der Waals surface area contributed by atoms with Crippen LogP contribution in [-0.4, -0.2) is 18.0 Å². The van der Waals surface area contributed by atoms with Crippen LogP contribution in [0.4, 0.5) is 0 Å². The molecule has 2 nitrogen and oxygen atoms in total. The first-order valence-corrected chi connectivity index (χ1v) is 11.3. The summed E-state index contributed by atoms with van der Waals surface area (Å²) in [5.41, 5.74) is 7.24. The highest BCUT2D eigenvalue weighted by Gasteiger charge is 2.41. The lowest BCUT2D eigenvalue weighted by molar-refractivity contribution is 0.838. The number of halogens is 2. The molecule has 0 fully saturated rings. The molecular formula is C19H24Cl2N2Si. The van der Waals surface area contributed by atoms with E-state index in [0.29, 0.717) is 21.8 Å². The molecule has 0 amide bonds. The van der Waals surface area contributed by atoms with Crippen molar-refractivity contribution in [1.82, 2.24) is 9.97 Å². The number of hydrogen-bond acceptors (Lipinski definition) is 2. The molecule has 0 N–H and O–H groups in total. The highest BCUT2D eigenvalue weighted by Crippen LogP contribution is 2.40. The molecule has 0 unspecified atom stereocenters. The summed E-state index contributed by atoms with van der Waals surface area (Å²) in [5.74, 6) is 3.43. The second-order valence-corrected chi connectivity index (χ2v) is 13.4. The quantitative estimate of drug-likeness (QED) is 0.263. The fourth-order valence-electron chi connectivity index (χ4n) is 3.76. The van der Waals surface area contributed by atoms with E-state index in [1.54, 1.807) is 0 Å². The molecule has 1 aromatic heterocycles. The van der Waals surface area contributed by atoms with Crippen LogP contribution in [0.15, 0.2) is 18.2 Å². The molecular weight excluding hydrogens is 355 g/mol. The Morgan fingerprint density at radius 3 is 2.04 bits per heavy atom. The van der Waals surface area contributed by atoms with Crippen LogP contribution < -0.4 is 0 Å². The highest BCUT2D eigenvalue weighted by atomic mass is 35.5. The van der Waals surface area contributed by atoms with Gasteiger partial charge in [0.15, 0.2) is 0 Å². The van der Waals surface area contributed by atoms with Crippen molar-refractivity contribution in [2.24, 2.45) is 0 Å². The standard InChI is InChI=1S/C19H24Cl2N2Si/c1-12(2)24(13(3)4,14(5)6)10-9-15-7-8-17-16(11-15)18(20)23-19(21)22-17/h7-8,11-14H,1-6H3. The molecule has 0 aliphatic rings. The highest BCUT2D eigenvalue weighted by molar-refractivity contribution is 6.90. The molecule has 1 aromatic carbocycles. The van der Waals surface area contributed by atoms with E-state index in [1.807, 2.05) is 18.2 Å². The maximum absolute atomic E-state index is 6.20. The third kappa shape index (κ3) is 3.61. The van der Waals surface area contributed by atoms with Gasteiger partial charge in [-0.2, -0.15) is 0 Å². The van der Waals surface area contributed by atoms with E-state index in [9.17, 15) is 0 Å². The minimum Gasteiger partial charge on any atom is -0.218 e. The van der Waals surface area contributed by atoms with Crippen LogP contribution in [0.1, 0.15) is 47.1 Å². The third-order valence-electron chi connectivity index (χ3n) is 4.91. The Kier molecular flexibility index (Phi) is 5.96. The molecule has 2 aromatic rings. The molecule has 2 rings (SSSR count). The first kappa shape index (κ1) is 19.2. The predicted octanol–water partition coefficient (Wildman–Crippen LogP) is 6.51. The summed E-state index contributed by atoms with van der Waals surface area (Å²) in [7, 11) is -1.75. The average Bonchev–Trinajstić information content (AvgIpc) is 2.47. The summed E-state index contributed by atoms with van der Waals surface area (Å²) in [6.07, 6.45) is 0. The number of rotatable bonds is 3. The number of aromatic nitrogens is 2. The van der Waals surface area contributed by atoms with Crippen molar-refractivity contribution in [3.63, 3.8) is 0 Å². The lowest BCUT2D eigenvalue weighted by atomic mass is 10.1. The van der Waals surface area contributed by atoms with E-state index in [0.717, 1.165) is 16.5 Å². The number of fused-ring (bicyclic) bond motifs is 1. The van der Waals surface area contributed by atoms with Gasteiger partial charge in [0.1, 0.15) is 13.2 Å². The number of hydrogen-bond donors (Lipinski definition) is 0. The van der Waals surface area contributed by atoms with Crippen LogP contribution in [-0.2, 0) is 0 Å². The van der Waals surface area contributed by atoms with E-state index in [4.69, 9.17) is 23.2 Å². The van der Waals surface area contributed by atoms with Crippen molar-refractivity contribution in [1.29, 1.82) is 0 Å². The van der Waals surface area contributed by atoms with Crippen LogP contribution in [0.2, 0.25) is 27.1 Å². The molecule has 24 heavy (non-hydrogen) atoms. The number of benzene rings is 1. The first-order valence-electron chi connectivity index (χ1n) is 8.34. The molecule has 0 saturated carbocycles. The Labute approximate surface area is 156 Å². The van der Waals surface area contributed by atoms with E-state index >= 15 is 0 Å². The minimum atomic E-state index is -1.75. The smallest absolute Gasteiger partial charge is 0.218 e. The lowest BCUT2D eigenvalue weighted by Crippen LogP contribution is -2.43. The molecule has 128 valence electrons. The van der Waals surface area contributed by atoms with Crippen molar-refractivity contribution < 1.29 is 0 Å². The van der Waals surface area contributed by atoms with Gasteiger partial charge >= 0.3 is 0 Å². The Morgan fingerprint density at radius 2 is 1.50 bits per heavy atom. The zero-order valence-electron chi connectivity index (χ0n) is 15.1. The molecule has 5 heteroatoms. The van der Waals surface area contributed by atoms with Gasteiger partial charge in [0.05, 0.1) is 5.52 Å². The van der Waals surface area contributed by atoms with Crippen LogP contribution in [0.25, 0.3) is 10.9 Å². The van der Waals surface area contributed by atoms with Crippen molar-refractivity contribution >= 4 is 42.2 Å². The van der Waals surface area contributed by atoms with Crippen LogP contribution in [0.5, 0.6) is 0 Å². The van der Waals surface area contributed by atoms with Gasteiger partial charge in [0.25, 0.3) is 0 Å². The van der Waals surface area contributed by atoms with Gasteiger partial charge < -0.3 is 0 Å². The third-order valence-corrected chi connectivity index (χ3v) is 11.7. The van der Waals surface area contributed by atoms with Crippen LogP contribution in [0, 0.1) is 11.5 Å². The summed E-state index contributed by atoms with van der Waals surface area (Å²) < 4.78 is 0. The molecule has 0 aliphatic carbocycles. The second-order valence-electron chi connectivity index (χ2n) is 7.16. The molecule has 0 bridgehead atoms. The average molecular weight is 379 g/mol. The Balaban J connectivity index is 2.54. The van der Waals surface area contributed by atoms with Crippen molar-refractivity contribution in [2.45, 2.75) is 58.2 Å². The summed E-state index contributed by atoms with van der Waals surface area (Å²) in [6.45, 7) is 13.9. The van der Waals surface area contributed by atoms with Gasteiger partial charge in [0.2, 0.25) is 5.28 Å². The molecule has 0 aliphatic heterocycles. The molecule has 0 saturated heterocycles. The van der Waals surface area contributed by atoms with E-state index < -0.39 is 8.07 Å². The Hall–Kier alpha value is -1.08. The predicted molar refractivity (Wildman–Crippen MR) is 107 cm³/mol. The molecule has 1 heterocycles. The van der Waals surface area contributed by atoms with E-state index in [2.05, 4.69) is 63.0 Å². The molecule has 0 spiro atoms. The number of nitrogens with zero attached hydrogens (tertiary/aromatic N) is 2. The normalized spacial score (nSPS) is 12.1. The van der Waals surface area contributed by atoms with Gasteiger partial charge in [-0.3, -0.25) is 0 Å². The maximum Gasteiger partial charge on any atom is 0.224 e. The van der Waals surface area contributed by atoms with Gasteiger partial charge in [-0.15, -0.1) is 5.54 Å². The van der Waals surface area contributed by atoms with Gasteiger partial charge in [-0.05, 0) is 46.4 Å².